The number of benzene rings is 2. The van der Waals surface area contributed by atoms with Crippen LogP contribution in [0.25, 0.3) is 0 Å². The van der Waals surface area contributed by atoms with Crippen molar-refractivity contribution in [3.8, 4) is 0 Å². The van der Waals surface area contributed by atoms with Crippen molar-refractivity contribution in [2.45, 2.75) is 42.9 Å². The van der Waals surface area contributed by atoms with E-state index in [2.05, 4.69) is 11.6 Å². The van der Waals surface area contributed by atoms with Gasteiger partial charge < -0.3 is 14.2 Å². The number of hydrogen-bond acceptors (Lipinski definition) is 5. The van der Waals surface area contributed by atoms with Gasteiger partial charge in [-0.25, -0.2) is 13.4 Å². The number of rotatable bonds is 10. The molecule has 7 nitrogen and oxygen atoms in total. The Morgan fingerprint density at radius 2 is 2.00 bits per heavy atom. The van der Waals surface area contributed by atoms with Gasteiger partial charge in [-0.3, -0.25) is 4.79 Å². The maximum absolute atomic E-state index is 13.6. The lowest BCUT2D eigenvalue weighted by Crippen LogP contribution is -2.37. The summed E-state index contributed by atoms with van der Waals surface area (Å²) in [6, 6.07) is 13.7. The Kier molecular flexibility index (Phi) is 8.51. The van der Waals surface area contributed by atoms with Crippen molar-refractivity contribution in [2.24, 2.45) is 0 Å². The second-order valence-electron chi connectivity index (χ2n) is 8.62. The number of sulfone groups is 1. The van der Waals surface area contributed by atoms with E-state index in [1.807, 2.05) is 6.07 Å². The smallest absolute Gasteiger partial charge is 0.255 e. The van der Waals surface area contributed by atoms with Crippen molar-refractivity contribution in [2.75, 3.05) is 13.2 Å². The van der Waals surface area contributed by atoms with E-state index in [0.29, 0.717) is 35.0 Å². The second kappa shape index (κ2) is 11.6. The van der Waals surface area contributed by atoms with Crippen LogP contribution in [-0.2, 0) is 33.4 Å². The topological polar surface area (TPSA) is 81.5 Å². The Labute approximate surface area is 221 Å². The molecule has 1 aliphatic rings. The minimum Gasteiger partial charge on any atom is -0.376 e. The molecule has 1 atom stereocenters. The van der Waals surface area contributed by atoms with E-state index >= 15 is 0 Å². The largest absolute Gasteiger partial charge is 0.376 e. The summed E-state index contributed by atoms with van der Waals surface area (Å²) in [7, 11) is -3.75. The number of aromatic nitrogens is 2. The van der Waals surface area contributed by atoms with E-state index in [1.54, 1.807) is 51.9 Å². The van der Waals surface area contributed by atoms with Crippen LogP contribution in [0.5, 0.6) is 0 Å². The number of hydrogen-bond donors (Lipinski definition) is 0. The lowest BCUT2D eigenvalue weighted by Gasteiger charge is -2.26. The zero-order valence-corrected chi connectivity index (χ0v) is 22.0. The van der Waals surface area contributed by atoms with Crippen LogP contribution in [-0.4, -0.2) is 48.0 Å². The predicted molar refractivity (Wildman–Crippen MR) is 140 cm³/mol. The predicted octanol–water partition coefficient (Wildman–Crippen LogP) is 5.17. The Hall–Kier alpha value is -2.65. The molecule has 0 bridgehead atoms. The summed E-state index contributed by atoms with van der Waals surface area (Å²) in [5, 5.41) is 0.616. The molecule has 2 heterocycles. The molecule has 1 aliphatic heterocycles. The van der Waals surface area contributed by atoms with Gasteiger partial charge in [0, 0.05) is 24.7 Å². The molecule has 1 amide bonds. The van der Waals surface area contributed by atoms with Gasteiger partial charge in [-0.2, -0.15) is 0 Å². The van der Waals surface area contributed by atoms with E-state index in [9.17, 15) is 13.2 Å². The first-order valence-corrected chi connectivity index (χ1v) is 14.0. The third-order valence-electron chi connectivity index (χ3n) is 5.94. The Bertz CT molecular complexity index is 1340. The van der Waals surface area contributed by atoms with Crippen LogP contribution in [0.2, 0.25) is 10.0 Å². The minimum atomic E-state index is -3.75. The van der Waals surface area contributed by atoms with Gasteiger partial charge in [0.15, 0.2) is 0 Å². The highest BCUT2D eigenvalue weighted by Crippen LogP contribution is 2.25. The maximum Gasteiger partial charge on any atom is 0.255 e. The molecule has 0 spiro atoms. The van der Waals surface area contributed by atoms with Crippen LogP contribution in [0.1, 0.15) is 34.5 Å². The van der Waals surface area contributed by atoms with Gasteiger partial charge in [0.05, 0.1) is 40.9 Å². The number of carbonyl (C=O) groups is 1. The molecule has 2 aromatic carbocycles. The highest BCUT2D eigenvalue weighted by molar-refractivity contribution is 7.90. The van der Waals surface area contributed by atoms with Gasteiger partial charge in [0.2, 0.25) is 15.0 Å². The number of imidazole rings is 1. The third-order valence-corrected chi connectivity index (χ3v) is 8.08. The molecule has 1 aromatic heterocycles. The molecular formula is C26H27Cl2N3O4S. The first kappa shape index (κ1) is 26.4. The summed E-state index contributed by atoms with van der Waals surface area (Å²) in [6.45, 7) is 5.10. The van der Waals surface area contributed by atoms with E-state index in [1.165, 1.54) is 12.3 Å². The highest BCUT2D eigenvalue weighted by Gasteiger charge is 2.28. The molecule has 36 heavy (non-hydrogen) atoms. The molecule has 1 fully saturated rings. The summed E-state index contributed by atoms with van der Waals surface area (Å²) in [5.41, 5.74) is 1.54. The fourth-order valence-corrected chi connectivity index (χ4v) is 6.22. The van der Waals surface area contributed by atoms with E-state index < -0.39 is 9.84 Å². The molecule has 0 N–H and O–H groups in total. The first-order chi connectivity index (χ1) is 17.3. The lowest BCUT2D eigenvalue weighted by atomic mass is 10.1. The van der Waals surface area contributed by atoms with Gasteiger partial charge in [-0.1, -0.05) is 59.6 Å². The first-order valence-electron chi connectivity index (χ1n) is 11.6. The molecule has 0 radical (unpaired) electrons. The summed E-state index contributed by atoms with van der Waals surface area (Å²) in [4.78, 5) is 19.4. The summed E-state index contributed by atoms with van der Waals surface area (Å²) >= 11 is 12.4. The minimum absolute atomic E-state index is 0.0599. The van der Waals surface area contributed by atoms with Crippen molar-refractivity contribution in [1.29, 1.82) is 0 Å². The standard InChI is InChI=1S/C26H27Cl2N3O4S/c1-2-12-31-21(15-29-26(31)36(33,34)18-19-7-4-3-5-8-19)16-30(17-22-9-6-13-35-22)25(32)23-11-10-20(27)14-24(23)28/h2-5,7-8,10-11,14-15,22H,1,6,9,12-13,16-18H2/t22-/m1/s1. The van der Waals surface area contributed by atoms with Gasteiger partial charge >= 0.3 is 0 Å². The van der Waals surface area contributed by atoms with Crippen molar-refractivity contribution in [1.82, 2.24) is 14.5 Å². The van der Waals surface area contributed by atoms with Gasteiger partial charge in [0.25, 0.3) is 5.91 Å². The van der Waals surface area contributed by atoms with Crippen LogP contribution in [0.3, 0.4) is 0 Å². The Morgan fingerprint density at radius 3 is 2.67 bits per heavy atom. The molecule has 0 saturated carbocycles. The molecule has 3 aromatic rings. The van der Waals surface area contributed by atoms with Crippen molar-refractivity contribution in [3.05, 3.63) is 94.2 Å². The van der Waals surface area contributed by atoms with Gasteiger partial charge in [-0.15, -0.1) is 6.58 Å². The third kappa shape index (κ3) is 6.18. The number of ether oxygens (including phenoxy) is 1. The maximum atomic E-state index is 13.6. The van der Waals surface area contributed by atoms with E-state index in [-0.39, 0.29) is 41.0 Å². The summed E-state index contributed by atoms with van der Waals surface area (Å²) in [5.74, 6) is -0.479. The Morgan fingerprint density at radius 1 is 1.22 bits per heavy atom. The molecule has 190 valence electrons. The molecule has 4 rings (SSSR count). The van der Waals surface area contributed by atoms with Crippen LogP contribution in [0.15, 0.2) is 72.5 Å². The zero-order chi connectivity index (χ0) is 25.7. The van der Waals surface area contributed by atoms with Crippen LogP contribution in [0.4, 0.5) is 0 Å². The van der Waals surface area contributed by atoms with Crippen molar-refractivity contribution < 1.29 is 17.9 Å². The quantitative estimate of drug-likeness (QED) is 0.327. The van der Waals surface area contributed by atoms with Gasteiger partial charge in [0.1, 0.15) is 0 Å². The van der Waals surface area contributed by atoms with Crippen molar-refractivity contribution in [3.63, 3.8) is 0 Å². The van der Waals surface area contributed by atoms with Gasteiger partial charge in [-0.05, 0) is 36.6 Å². The number of carbonyl (C=O) groups excluding carboxylic acids is 1. The molecular weight excluding hydrogens is 521 g/mol. The van der Waals surface area contributed by atoms with E-state index in [0.717, 1.165) is 12.8 Å². The normalized spacial score (nSPS) is 15.7. The number of nitrogens with zero attached hydrogens (tertiary/aromatic N) is 3. The molecule has 10 heteroatoms. The summed E-state index contributed by atoms with van der Waals surface area (Å²) < 4.78 is 33.9. The Balaban J connectivity index is 1.66. The zero-order valence-electron chi connectivity index (χ0n) is 19.6. The van der Waals surface area contributed by atoms with Crippen LogP contribution < -0.4 is 0 Å². The number of amides is 1. The average molecular weight is 548 g/mol. The SMILES string of the molecule is C=CCn1c(CN(C[C@H]2CCCO2)C(=O)c2ccc(Cl)cc2Cl)cnc1S(=O)(=O)Cc1ccccc1. The molecule has 0 aliphatic carbocycles. The van der Waals surface area contributed by atoms with E-state index in [4.69, 9.17) is 27.9 Å². The molecule has 0 unspecified atom stereocenters. The average Bonchev–Trinajstić information content (AvgIpc) is 3.49. The van der Waals surface area contributed by atoms with Crippen LogP contribution in [0, 0.1) is 0 Å². The van der Waals surface area contributed by atoms with Crippen LogP contribution >= 0.6 is 23.2 Å². The second-order valence-corrected chi connectivity index (χ2v) is 11.3. The highest BCUT2D eigenvalue weighted by atomic mass is 35.5. The number of allylic oxidation sites excluding steroid dienone is 1. The fraction of sp³-hybridized carbons (Fsp3) is 0.308. The van der Waals surface area contributed by atoms with Crippen molar-refractivity contribution >= 4 is 38.9 Å². The molecule has 1 saturated heterocycles. The monoisotopic (exact) mass is 547 g/mol. The lowest BCUT2D eigenvalue weighted by molar-refractivity contribution is 0.0502. The number of halogens is 2. The summed E-state index contributed by atoms with van der Waals surface area (Å²) in [6.07, 6.45) is 4.75. The fourth-order valence-electron chi connectivity index (χ4n) is 4.23.